The van der Waals surface area contributed by atoms with E-state index in [0.717, 1.165) is 48.5 Å². The molecule has 1 fully saturated rings. The maximum absolute atomic E-state index is 12.6. The van der Waals surface area contributed by atoms with Crippen LogP contribution < -0.4 is 0 Å². The van der Waals surface area contributed by atoms with Gasteiger partial charge in [-0.05, 0) is 17.7 Å². The van der Waals surface area contributed by atoms with Crippen LogP contribution in [0.15, 0.2) is 71.8 Å². The lowest BCUT2D eigenvalue weighted by molar-refractivity contribution is -0.130. The molecule has 0 saturated carbocycles. The van der Waals surface area contributed by atoms with Gasteiger partial charge in [-0.15, -0.1) is 11.8 Å². The van der Waals surface area contributed by atoms with Gasteiger partial charge in [-0.1, -0.05) is 48.5 Å². The van der Waals surface area contributed by atoms with Crippen molar-refractivity contribution in [2.45, 2.75) is 11.4 Å². The van der Waals surface area contributed by atoms with Gasteiger partial charge in [0.25, 0.3) is 0 Å². The monoisotopic (exact) mass is 377 g/mol. The minimum atomic E-state index is 0.222. The molecule has 1 saturated heterocycles. The number of aromatic nitrogens is 1. The number of benzene rings is 2. The van der Waals surface area contributed by atoms with Gasteiger partial charge in [-0.3, -0.25) is 14.7 Å². The molecule has 2 heterocycles. The van der Waals surface area contributed by atoms with Gasteiger partial charge >= 0.3 is 0 Å². The van der Waals surface area contributed by atoms with Gasteiger partial charge in [0.15, 0.2) is 0 Å². The second-order valence-electron chi connectivity index (χ2n) is 6.76. The summed E-state index contributed by atoms with van der Waals surface area (Å²) in [5.41, 5.74) is 2.31. The SMILES string of the molecule is O=C(CSc1ccnc2ccccc12)N1CCN(Cc2ccccc2)CC1. The smallest absolute Gasteiger partial charge is 0.233 e. The Morgan fingerprint density at radius 1 is 0.926 bits per heavy atom. The molecule has 0 radical (unpaired) electrons. The highest BCUT2D eigenvalue weighted by atomic mass is 32.2. The molecule has 0 spiro atoms. The van der Waals surface area contributed by atoms with E-state index in [1.54, 1.807) is 11.8 Å². The standard InChI is InChI=1S/C22H23N3OS/c26-22(17-27-21-10-11-23-20-9-5-4-8-19(20)21)25-14-12-24(13-15-25)16-18-6-2-1-3-7-18/h1-11H,12-17H2. The summed E-state index contributed by atoms with van der Waals surface area (Å²) < 4.78 is 0. The molecule has 1 aromatic heterocycles. The molecule has 0 unspecified atom stereocenters. The van der Waals surface area contributed by atoms with E-state index < -0.39 is 0 Å². The van der Waals surface area contributed by atoms with Crippen LogP contribution in [0.1, 0.15) is 5.56 Å². The second kappa shape index (κ2) is 8.55. The average Bonchev–Trinajstić information content (AvgIpc) is 2.73. The van der Waals surface area contributed by atoms with E-state index >= 15 is 0 Å². The van der Waals surface area contributed by atoms with Crippen LogP contribution in [0.2, 0.25) is 0 Å². The molecule has 0 bridgehead atoms. The number of rotatable bonds is 5. The minimum absolute atomic E-state index is 0.222. The fourth-order valence-corrected chi connectivity index (χ4v) is 4.37. The highest BCUT2D eigenvalue weighted by Crippen LogP contribution is 2.26. The molecule has 0 N–H and O–H groups in total. The lowest BCUT2D eigenvalue weighted by Crippen LogP contribution is -2.48. The van der Waals surface area contributed by atoms with Gasteiger partial charge < -0.3 is 4.90 Å². The molecule has 1 aliphatic rings. The molecule has 4 rings (SSSR count). The van der Waals surface area contributed by atoms with Gasteiger partial charge in [-0.2, -0.15) is 0 Å². The van der Waals surface area contributed by atoms with Crippen molar-refractivity contribution in [3.63, 3.8) is 0 Å². The Balaban J connectivity index is 1.29. The average molecular weight is 378 g/mol. The number of carbonyl (C=O) groups is 1. The third kappa shape index (κ3) is 4.49. The third-order valence-electron chi connectivity index (χ3n) is 4.93. The van der Waals surface area contributed by atoms with E-state index in [4.69, 9.17) is 0 Å². The number of fused-ring (bicyclic) bond motifs is 1. The van der Waals surface area contributed by atoms with Crippen molar-refractivity contribution in [1.82, 2.24) is 14.8 Å². The number of hydrogen-bond donors (Lipinski definition) is 0. The molecule has 0 atom stereocenters. The summed E-state index contributed by atoms with van der Waals surface area (Å²) in [4.78, 5) is 22.6. The van der Waals surface area contributed by atoms with E-state index in [2.05, 4.69) is 40.2 Å². The summed E-state index contributed by atoms with van der Waals surface area (Å²) in [6, 6.07) is 20.6. The first-order valence-electron chi connectivity index (χ1n) is 9.30. The molecule has 1 aliphatic heterocycles. The zero-order valence-corrected chi connectivity index (χ0v) is 16.1. The normalized spacial score (nSPS) is 15.2. The van der Waals surface area contributed by atoms with Crippen LogP contribution in [-0.2, 0) is 11.3 Å². The predicted molar refractivity (Wildman–Crippen MR) is 111 cm³/mol. The number of carbonyl (C=O) groups excluding carboxylic acids is 1. The van der Waals surface area contributed by atoms with Crippen LogP contribution in [0.4, 0.5) is 0 Å². The molecular formula is C22H23N3OS. The molecule has 138 valence electrons. The van der Waals surface area contributed by atoms with Crippen molar-refractivity contribution in [3.8, 4) is 0 Å². The Morgan fingerprint density at radius 3 is 2.48 bits per heavy atom. The van der Waals surface area contributed by atoms with E-state index in [0.29, 0.717) is 5.75 Å². The number of amides is 1. The van der Waals surface area contributed by atoms with Gasteiger partial charge in [0.05, 0.1) is 11.3 Å². The zero-order chi connectivity index (χ0) is 18.5. The van der Waals surface area contributed by atoms with E-state index in [1.807, 2.05) is 41.4 Å². The minimum Gasteiger partial charge on any atom is -0.339 e. The van der Waals surface area contributed by atoms with Crippen LogP contribution in [0.3, 0.4) is 0 Å². The highest BCUT2D eigenvalue weighted by molar-refractivity contribution is 8.00. The van der Waals surface area contributed by atoms with Crippen molar-refractivity contribution in [2.75, 3.05) is 31.9 Å². The Bertz CT molecular complexity index is 902. The number of pyridine rings is 1. The third-order valence-corrected chi connectivity index (χ3v) is 5.99. The number of thioether (sulfide) groups is 1. The van der Waals surface area contributed by atoms with Crippen molar-refractivity contribution >= 4 is 28.6 Å². The summed E-state index contributed by atoms with van der Waals surface area (Å²) >= 11 is 1.61. The zero-order valence-electron chi connectivity index (χ0n) is 15.3. The fourth-order valence-electron chi connectivity index (χ4n) is 3.42. The lowest BCUT2D eigenvalue weighted by atomic mass is 10.2. The maximum atomic E-state index is 12.6. The van der Waals surface area contributed by atoms with Gasteiger partial charge in [0.1, 0.15) is 0 Å². The van der Waals surface area contributed by atoms with Crippen LogP contribution in [-0.4, -0.2) is 52.6 Å². The van der Waals surface area contributed by atoms with Gasteiger partial charge in [0, 0.05) is 49.2 Å². The van der Waals surface area contributed by atoms with Crippen LogP contribution in [0.5, 0.6) is 0 Å². The molecule has 2 aromatic carbocycles. The first kappa shape index (κ1) is 18.0. The van der Waals surface area contributed by atoms with Crippen LogP contribution in [0, 0.1) is 0 Å². The fraction of sp³-hybridized carbons (Fsp3) is 0.273. The van der Waals surface area contributed by atoms with E-state index in [-0.39, 0.29) is 5.91 Å². The summed E-state index contributed by atoms with van der Waals surface area (Å²) in [5, 5.41) is 1.12. The number of nitrogens with zero attached hydrogens (tertiary/aromatic N) is 3. The van der Waals surface area contributed by atoms with Crippen molar-refractivity contribution in [1.29, 1.82) is 0 Å². The van der Waals surface area contributed by atoms with E-state index in [1.165, 1.54) is 5.56 Å². The van der Waals surface area contributed by atoms with Crippen molar-refractivity contribution < 1.29 is 4.79 Å². The van der Waals surface area contributed by atoms with Crippen molar-refractivity contribution in [2.24, 2.45) is 0 Å². The molecular weight excluding hydrogens is 354 g/mol. The van der Waals surface area contributed by atoms with Gasteiger partial charge in [-0.25, -0.2) is 0 Å². The Morgan fingerprint density at radius 2 is 1.67 bits per heavy atom. The molecule has 1 amide bonds. The molecule has 4 nitrogen and oxygen atoms in total. The summed E-state index contributed by atoms with van der Waals surface area (Å²) in [6.45, 7) is 4.44. The summed E-state index contributed by atoms with van der Waals surface area (Å²) in [6.07, 6.45) is 1.82. The molecule has 3 aromatic rings. The Kier molecular flexibility index (Phi) is 5.70. The van der Waals surface area contributed by atoms with E-state index in [9.17, 15) is 4.79 Å². The van der Waals surface area contributed by atoms with Gasteiger partial charge in [0.2, 0.25) is 5.91 Å². The number of hydrogen-bond acceptors (Lipinski definition) is 4. The Hall–Kier alpha value is -2.37. The Labute approximate surface area is 164 Å². The summed E-state index contributed by atoms with van der Waals surface area (Å²) in [5.74, 6) is 0.701. The van der Waals surface area contributed by atoms with Crippen LogP contribution in [0.25, 0.3) is 10.9 Å². The first-order valence-corrected chi connectivity index (χ1v) is 10.3. The molecule has 0 aliphatic carbocycles. The maximum Gasteiger partial charge on any atom is 0.233 e. The molecule has 27 heavy (non-hydrogen) atoms. The predicted octanol–water partition coefficient (Wildman–Crippen LogP) is 3.67. The number of piperazine rings is 1. The lowest BCUT2D eigenvalue weighted by Gasteiger charge is -2.34. The topological polar surface area (TPSA) is 36.4 Å². The number of para-hydroxylation sites is 1. The largest absolute Gasteiger partial charge is 0.339 e. The van der Waals surface area contributed by atoms with Crippen molar-refractivity contribution in [3.05, 3.63) is 72.4 Å². The highest BCUT2D eigenvalue weighted by Gasteiger charge is 2.21. The first-order chi connectivity index (χ1) is 13.3. The quantitative estimate of drug-likeness (QED) is 0.636. The molecule has 5 heteroatoms. The van der Waals surface area contributed by atoms with Crippen LogP contribution >= 0.6 is 11.8 Å². The summed E-state index contributed by atoms with van der Waals surface area (Å²) in [7, 11) is 0. The second-order valence-corrected chi connectivity index (χ2v) is 7.77.